The maximum Gasteiger partial charge on any atom is 0.313 e. The monoisotopic (exact) mass is 531 g/mol. The molecule has 1 heterocycles. The fraction of sp³-hybridized carbons (Fsp3) is 0.300. The first-order valence-corrected chi connectivity index (χ1v) is 13.1. The maximum atomic E-state index is 13.8. The minimum atomic E-state index is -1.08. The lowest BCUT2D eigenvalue weighted by atomic mass is 9.94. The van der Waals surface area contributed by atoms with Gasteiger partial charge in [-0.25, -0.2) is 4.39 Å². The van der Waals surface area contributed by atoms with Crippen molar-refractivity contribution in [2.24, 2.45) is 0 Å². The smallest absolute Gasteiger partial charge is 0.313 e. The number of halogens is 1. The van der Waals surface area contributed by atoms with Gasteiger partial charge < -0.3 is 25.0 Å². The number of nitrogens with zero attached hydrogens (tertiary/aromatic N) is 1. The summed E-state index contributed by atoms with van der Waals surface area (Å²) in [5.74, 6) is -1.60. The molecule has 0 bridgehead atoms. The summed E-state index contributed by atoms with van der Waals surface area (Å²) in [7, 11) is 0. The summed E-state index contributed by atoms with van der Waals surface area (Å²) in [6, 6.07) is 18.3. The summed E-state index contributed by atoms with van der Waals surface area (Å²) in [5.41, 5.74) is 1.49. The van der Waals surface area contributed by atoms with Crippen molar-refractivity contribution in [1.29, 1.82) is 0 Å². The Morgan fingerprint density at radius 1 is 0.897 bits per heavy atom. The van der Waals surface area contributed by atoms with Gasteiger partial charge in [0.15, 0.2) is 11.5 Å². The quantitative estimate of drug-likeness (QED) is 0.431. The summed E-state index contributed by atoms with van der Waals surface area (Å²) in [4.78, 5) is 42.1. The lowest BCUT2D eigenvalue weighted by molar-refractivity contribution is -0.148. The van der Waals surface area contributed by atoms with Crippen LogP contribution in [0.1, 0.15) is 49.3 Å². The average Bonchev–Trinajstić information content (AvgIpc) is 3.42. The van der Waals surface area contributed by atoms with Crippen molar-refractivity contribution in [3.05, 3.63) is 89.7 Å². The molecule has 0 aromatic heterocycles. The fourth-order valence-corrected chi connectivity index (χ4v) is 4.99. The first-order chi connectivity index (χ1) is 19.0. The molecule has 0 spiro atoms. The van der Waals surface area contributed by atoms with Crippen LogP contribution in [0.25, 0.3) is 0 Å². The normalized spacial score (nSPS) is 15.3. The Kier molecular flexibility index (Phi) is 8.05. The Balaban J connectivity index is 1.45. The van der Waals surface area contributed by atoms with E-state index in [1.807, 2.05) is 6.07 Å². The van der Waals surface area contributed by atoms with Gasteiger partial charge >= 0.3 is 11.8 Å². The van der Waals surface area contributed by atoms with Crippen molar-refractivity contribution in [3.63, 3.8) is 0 Å². The zero-order valence-electron chi connectivity index (χ0n) is 21.4. The molecule has 0 saturated heterocycles. The Morgan fingerprint density at radius 2 is 1.62 bits per heavy atom. The van der Waals surface area contributed by atoms with Crippen LogP contribution in [0.15, 0.2) is 72.8 Å². The van der Waals surface area contributed by atoms with E-state index in [1.54, 1.807) is 42.5 Å². The summed E-state index contributed by atoms with van der Waals surface area (Å²) in [5, 5.41) is 5.73. The van der Waals surface area contributed by atoms with Crippen molar-refractivity contribution in [1.82, 2.24) is 10.2 Å². The lowest BCUT2D eigenvalue weighted by Crippen LogP contribution is -2.49. The summed E-state index contributed by atoms with van der Waals surface area (Å²) in [6.45, 7) is -0.00269. The number of hydrogen-bond acceptors (Lipinski definition) is 5. The lowest BCUT2D eigenvalue weighted by Gasteiger charge is -2.33. The molecule has 3 aromatic rings. The van der Waals surface area contributed by atoms with Crippen LogP contribution in [0.3, 0.4) is 0 Å². The highest BCUT2D eigenvalue weighted by Gasteiger charge is 2.36. The first-order valence-electron chi connectivity index (χ1n) is 13.1. The molecule has 1 fully saturated rings. The molecule has 1 atom stereocenters. The predicted octanol–water partition coefficient (Wildman–Crippen LogP) is 4.71. The Bertz CT molecular complexity index is 1330. The molecule has 1 saturated carbocycles. The van der Waals surface area contributed by atoms with Crippen molar-refractivity contribution < 1.29 is 28.2 Å². The van der Waals surface area contributed by atoms with Crippen molar-refractivity contribution >= 4 is 23.4 Å². The number of anilines is 1. The minimum Gasteiger partial charge on any atom is -0.454 e. The van der Waals surface area contributed by atoms with Crippen LogP contribution in [-0.2, 0) is 20.9 Å². The number of ether oxygens (including phenoxy) is 2. The second kappa shape index (κ2) is 12.0. The number of amides is 3. The number of hydrogen-bond donors (Lipinski definition) is 2. The molecule has 2 N–H and O–H groups in total. The van der Waals surface area contributed by atoms with E-state index < -0.39 is 23.7 Å². The molecule has 2 aliphatic rings. The topological polar surface area (TPSA) is 97.0 Å². The van der Waals surface area contributed by atoms with Gasteiger partial charge in [-0.3, -0.25) is 14.4 Å². The number of carbonyl (C=O) groups excluding carboxylic acids is 3. The number of nitrogens with one attached hydrogen (secondary N) is 2. The standard InChI is InChI=1S/C30H30FN3O5/c31-22-13-11-20(12-14-22)18-34(30(37)29(36)33-24-15-16-25-26(17-24)39-19-38-25)27(21-7-3-1-4-8-21)28(35)32-23-9-5-2-6-10-23/h1,3-4,7-8,11-17,23,27H,2,5-6,9-10,18-19H2,(H,32,35)(H,33,36)/t27-/m0/s1. The molecule has 3 amide bonds. The van der Waals surface area contributed by atoms with E-state index >= 15 is 0 Å². The van der Waals surface area contributed by atoms with E-state index in [0.29, 0.717) is 28.3 Å². The average molecular weight is 532 g/mol. The van der Waals surface area contributed by atoms with E-state index in [4.69, 9.17) is 9.47 Å². The van der Waals surface area contributed by atoms with E-state index in [2.05, 4.69) is 10.6 Å². The van der Waals surface area contributed by atoms with Crippen molar-refractivity contribution in [2.75, 3.05) is 12.1 Å². The third-order valence-electron chi connectivity index (χ3n) is 6.98. The highest BCUT2D eigenvalue weighted by molar-refractivity contribution is 6.39. The van der Waals surface area contributed by atoms with Gasteiger partial charge in [0.1, 0.15) is 11.9 Å². The first kappa shape index (κ1) is 26.2. The van der Waals surface area contributed by atoms with Gasteiger partial charge in [-0.1, -0.05) is 61.7 Å². The highest BCUT2D eigenvalue weighted by Crippen LogP contribution is 2.34. The molecule has 202 valence electrons. The summed E-state index contributed by atoms with van der Waals surface area (Å²) in [6.07, 6.45) is 4.91. The number of carbonyl (C=O) groups is 3. The number of benzene rings is 3. The summed E-state index contributed by atoms with van der Waals surface area (Å²) >= 11 is 0. The second-order valence-electron chi connectivity index (χ2n) is 9.74. The Labute approximate surface area is 226 Å². The molecule has 1 aliphatic heterocycles. The van der Waals surface area contributed by atoms with Crippen LogP contribution in [0, 0.1) is 5.82 Å². The highest BCUT2D eigenvalue weighted by atomic mass is 19.1. The molecule has 3 aromatic carbocycles. The maximum absolute atomic E-state index is 13.8. The largest absolute Gasteiger partial charge is 0.454 e. The molecule has 1 aliphatic carbocycles. The van der Waals surface area contributed by atoms with E-state index in [0.717, 1.165) is 32.1 Å². The minimum absolute atomic E-state index is 0.00250. The number of rotatable bonds is 7. The molecule has 9 heteroatoms. The van der Waals surface area contributed by atoms with E-state index in [9.17, 15) is 18.8 Å². The molecule has 5 rings (SSSR count). The zero-order valence-corrected chi connectivity index (χ0v) is 21.4. The van der Waals surface area contributed by atoms with Crippen LogP contribution in [0.5, 0.6) is 11.5 Å². The molecule has 0 unspecified atom stereocenters. The van der Waals surface area contributed by atoms with Gasteiger partial charge in [-0.2, -0.15) is 0 Å². The fourth-order valence-electron chi connectivity index (χ4n) is 4.99. The van der Waals surface area contributed by atoms with Gasteiger partial charge in [-0.05, 0) is 48.2 Å². The predicted molar refractivity (Wildman–Crippen MR) is 142 cm³/mol. The Morgan fingerprint density at radius 3 is 2.36 bits per heavy atom. The van der Waals surface area contributed by atoms with E-state index in [-0.39, 0.29) is 25.3 Å². The van der Waals surface area contributed by atoms with Crippen LogP contribution in [-0.4, -0.2) is 35.5 Å². The van der Waals surface area contributed by atoms with Crippen LogP contribution in [0.2, 0.25) is 0 Å². The van der Waals surface area contributed by atoms with Gasteiger partial charge in [-0.15, -0.1) is 0 Å². The van der Waals surface area contributed by atoms with Crippen LogP contribution in [0.4, 0.5) is 10.1 Å². The second-order valence-corrected chi connectivity index (χ2v) is 9.74. The molecule has 0 radical (unpaired) electrons. The third-order valence-corrected chi connectivity index (χ3v) is 6.98. The zero-order chi connectivity index (χ0) is 27.2. The molecular weight excluding hydrogens is 501 g/mol. The van der Waals surface area contributed by atoms with Crippen LogP contribution >= 0.6 is 0 Å². The Hall–Kier alpha value is -4.40. The van der Waals surface area contributed by atoms with Gasteiger partial charge in [0.05, 0.1) is 0 Å². The summed E-state index contributed by atoms with van der Waals surface area (Å²) < 4.78 is 24.3. The van der Waals surface area contributed by atoms with Crippen molar-refractivity contribution in [2.45, 2.75) is 50.7 Å². The van der Waals surface area contributed by atoms with Gasteiger partial charge in [0.2, 0.25) is 12.7 Å². The third kappa shape index (κ3) is 6.37. The molecule has 39 heavy (non-hydrogen) atoms. The molecule has 8 nitrogen and oxygen atoms in total. The van der Waals surface area contributed by atoms with Gasteiger partial charge in [0, 0.05) is 24.3 Å². The molecular formula is C30H30FN3O5. The SMILES string of the molecule is O=C(Nc1ccc2c(c1)OCO2)C(=O)N(Cc1ccc(F)cc1)[C@H](C(=O)NC1CCCCC1)c1ccccc1. The van der Waals surface area contributed by atoms with Gasteiger partial charge in [0.25, 0.3) is 0 Å². The number of fused-ring (bicyclic) bond motifs is 1. The van der Waals surface area contributed by atoms with E-state index in [1.165, 1.54) is 29.2 Å². The van der Waals surface area contributed by atoms with Crippen LogP contribution < -0.4 is 20.1 Å². The van der Waals surface area contributed by atoms with Crippen molar-refractivity contribution in [3.8, 4) is 11.5 Å².